The second kappa shape index (κ2) is 7.48. The molecule has 0 fully saturated rings. The van der Waals surface area contributed by atoms with Crippen LogP contribution in [0.5, 0.6) is 0 Å². The smallest absolute Gasteiger partial charge is 0.258 e. The minimum absolute atomic E-state index is 0.0144. The second-order valence-electron chi connectivity index (χ2n) is 5.77. The van der Waals surface area contributed by atoms with Gasteiger partial charge < -0.3 is 10.6 Å². The van der Waals surface area contributed by atoms with Gasteiger partial charge in [0, 0.05) is 35.4 Å². The van der Waals surface area contributed by atoms with Gasteiger partial charge in [0.1, 0.15) is 0 Å². The lowest BCUT2D eigenvalue weighted by Gasteiger charge is -2.14. The van der Waals surface area contributed by atoms with Crippen molar-refractivity contribution in [1.82, 2.24) is 9.38 Å². The minimum atomic E-state index is -0.0830. The first-order valence-corrected chi connectivity index (χ1v) is 9.05. The number of benzene rings is 1. The van der Waals surface area contributed by atoms with Crippen molar-refractivity contribution in [3.8, 4) is 0 Å². The van der Waals surface area contributed by atoms with Crippen LogP contribution in [0.1, 0.15) is 31.0 Å². The zero-order valence-corrected chi connectivity index (χ0v) is 15.0. The second-order valence-corrected chi connectivity index (χ2v) is 6.64. The van der Waals surface area contributed by atoms with E-state index in [1.165, 1.54) is 21.8 Å². The molecule has 130 valence electrons. The maximum atomic E-state index is 12.0. The molecule has 0 saturated carbocycles. The number of fused-ring (bicyclic) bond motifs is 1. The summed E-state index contributed by atoms with van der Waals surface area (Å²) in [4.78, 5) is 29.0. The van der Waals surface area contributed by atoms with Crippen molar-refractivity contribution < 1.29 is 4.79 Å². The molecule has 0 aliphatic rings. The molecular formula is C18H20N4O2S. The summed E-state index contributed by atoms with van der Waals surface area (Å²) in [5.41, 5.74) is 3.26. The number of amides is 1. The van der Waals surface area contributed by atoms with Crippen molar-refractivity contribution in [3.05, 3.63) is 57.5 Å². The molecule has 0 aliphatic carbocycles. The molecule has 0 aliphatic heterocycles. The lowest BCUT2D eigenvalue weighted by atomic mass is 10.1. The highest BCUT2D eigenvalue weighted by Crippen LogP contribution is 2.24. The topological polar surface area (TPSA) is 75.5 Å². The van der Waals surface area contributed by atoms with Crippen molar-refractivity contribution in [2.75, 3.05) is 10.6 Å². The molecule has 0 saturated heterocycles. The van der Waals surface area contributed by atoms with Crippen LogP contribution in [0.2, 0.25) is 0 Å². The maximum Gasteiger partial charge on any atom is 0.258 e. The first kappa shape index (κ1) is 17.2. The summed E-state index contributed by atoms with van der Waals surface area (Å²) in [5.74, 6) is 0.0144. The Hall–Kier alpha value is -2.67. The van der Waals surface area contributed by atoms with E-state index in [2.05, 4.69) is 15.6 Å². The van der Waals surface area contributed by atoms with Crippen LogP contribution in [-0.2, 0) is 11.3 Å². The standard InChI is InChI=1S/C18H20N4O2S/c1-3-5-16(23)21-15-7-4-6-14(12(15)2)19-11-13-10-17(24)22-8-9-25-18(22)20-13/h4,6-10,19H,3,5,11H2,1-2H3,(H,21,23). The van der Waals surface area contributed by atoms with Gasteiger partial charge in [-0.15, -0.1) is 11.3 Å². The Kier molecular flexibility index (Phi) is 5.14. The average molecular weight is 356 g/mol. The van der Waals surface area contributed by atoms with Gasteiger partial charge in [-0.05, 0) is 31.0 Å². The van der Waals surface area contributed by atoms with Gasteiger partial charge in [0.2, 0.25) is 5.91 Å². The van der Waals surface area contributed by atoms with Crippen LogP contribution in [0.4, 0.5) is 11.4 Å². The summed E-state index contributed by atoms with van der Waals surface area (Å²) in [6.07, 6.45) is 3.04. The van der Waals surface area contributed by atoms with E-state index >= 15 is 0 Å². The molecule has 0 unspecified atom stereocenters. The van der Waals surface area contributed by atoms with Gasteiger partial charge >= 0.3 is 0 Å². The number of anilines is 2. The molecule has 2 heterocycles. The summed E-state index contributed by atoms with van der Waals surface area (Å²) in [5, 5.41) is 8.08. The number of aromatic nitrogens is 2. The number of carbonyl (C=O) groups excluding carboxylic acids is 1. The van der Waals surface area contributed by atoms with E-state index in [1.54, 1.807) is 6.20 Å². The summed E-state index contributed by atoms with van der Waals surface area (Å²) >= 11 is 1.43. The summed E-state index contributed by atoms with van der Waals surface area (Å²) in [7, 11) is 0. The lowest BCUT2D eigenvalue weighted by Crippen LogP contribution is -2.15. The third-order valence-corrected chi connectivity index (χ3v) is 4.66. The van der Waals surface area contributed by atoms with E-state index in [0.29, 0.717) is 23.6 Å². The van der Waals surface area contributed by atoms with Crippen LogP contribution in [0.15, 0.2) is 40.6 Å². The highest BCUT2D eigenvalue weighted by atomic mass is 32.1. The van der Waals surface area contributed by atoms with E-state index in [-0.39, 0.29) is 11.5 Å². The van der Waals surface area contributed by atoms with Gasteiger partial charge in [-0.1, -0.05) is 13.0 Å². The van der Waals surface area contributed by atoms with Gasteiger partial charge in [0.15, 0.2) is 4.96 Å². The van der Waals surface area contributed by atoms with Gasteiger partial charge in [0.05, 0.1) is 12.2 Å². The van der Waals surface area contributed by atoms with E-state index in [1.807, 2.05) is 37.4 Å². The molecule has 6 nitrogen and oxygen atoms in total. The molecule has 1 amide bonds. The zero-order valence-electron chi connectivity index (χ0n) is 14.2. The molecule has 3 rings (SSSR count). The fourth-order valence-corrected chi connectivity index (χ4v) is 3.31. The fraction of sp³-hybridized carbons (Fsp3) is 0.278. The van der Waals surface area contributed by atoms with Gasteiger partial charge in [0.25, 0.3) is 5.56 Å². The Morgan fingerprint density at radius 2 is 2.12 bits per heavy atom. The average Bonchev–Trinajstić information content (AvgIpc) is 3.05. The summed E-state index contributed by atoms with van der Waals surface area (Å²) < 4.78 is 1.53. The molecule has 0 spiro atoms. The quantitative estimate of drug-likeness (QED) is 0.710. The molecule has 0 radical (unpaired) electrons. The zero-order chi connectivity index (χ0) is 17.8. The van der Waals surface area contributed by atoms with Crippen LogP contribution in [0, 0.1) is 6.92 Å². The van der Waals surface area contributed by atoms with E-state index in [0.717, 1.165) is 23.4 Å². The van der Waals surface area contributed by atoms with Crippen molar-refractivity contribution >= 4 is 33.6 Å². The number of nitrogens with zero attached hydrogens (tertiary/aromatic N) is 2. The first-order valence-electron chi connectivity index (χ1n) is 8.17. The molecule has 25 heavy (non-hydrogen) atoms. The van der Waals surface area contributed by atoms with Gasteiger partial charge in [-0.3, -0.25) is 14.0 Å². The minimum Gasteiger partial charge on any atom is -0.379 e. The molecule has 2 aromatic heterocycles. The monoisotopic (exact) mass is 356 g/mol. The fourth-order valence-electron chi connectivity index (χ4n) is 2.57. The van der Waals surface area contributed by atoms with E-state index in [4.69, 9.17) is 0 Å². The van der Waals surface area contributed by atoms with Gasteiger partial charge in [-0.25, -0.2) is 4.98 Å². The molecule has 0 bridgehead atoms. The highest BCUT2D eigenvalue weighted by Gasteiger charge is 2.08. The first-order chi connectivity index (χ1) is 12.1. The normalized spacial score (nSPS) is 10.8. The molecule has 3 aromatic rings. The van der Waals surface area contributed by atoms with Crippen LogP contribution in [0.3, 0.4) is 0 Å². The highest BCUT2D eigenvalue weighted by molar-refractivity contribution is 7.15. The van der Waals surface area contributed by atoms with E-state index in [9.17, 15) is 9.59 Å². The van der Waals surface area contributed by atoms with Crippen molar-refractivity contribution in [3.63, 3.8) is 0 Å². The Balaban J connectivity index is 1.76. The van der Waals surface area contributed by atoms with Crippen molar-refractivity contribution in [1.29, 1.82) is 0 Å². The maximum absolute atomic E-state index is 12.0. The Morgan fingerprint density at radius 1 is 1.32 bits per heavy atom. The lowest BCUT2D eigenvalue weighted by molar-refractivity contribution is -0.116. The van der Waals surface area contributed by atoms with E-state index < -0.39 is 0 Å². The van der Waals surface area contributed by atoms with Crippen LogP contribution >= 0.6 is 11.3 Å². The molecule has 0 atom stereocenters. The summed E-state index contributed by atoms with van der Waals surface area (Å²) in [6, 6.07) is 7.26. The number of hydrogen-bond donors (Lipinski definition) is 2. The number of carbonyl (C=O) groups is 1. The van der Waals surface area contributed by atoms with Gasteiger partial charge in [-0.2, -0.15) is 0 Å². The van der Waals surface area contributed by atoms with Crippen LogP contribution < -0.4 is 16.2 Å². The molecular weight excluding hydrogens is 336 g/mol. The largest absolute Gasteiger partial charge is 0.379 e. The number of thiazole rings is 1. The molecule has 7 heteroatoms. The Bertz CT molecular complexity index is 961. The third-order valence-electron chi connectivity index (χ3n) is 3.90. The predicted octanol–water partition coefficient (Wildman–Crippen LogP) is 3.42. The number of hydrogen-bond acceptors (Lipinski definition) is 5. The van der Waals surface area contributed by atoms with Crippen LogP contribution in [0.25, 0.3) is 4.96 Å². The SMILES string of the molecule is CCCC(=O)Nc1cccc(NCc2cc(=O)n3ccsc3n2)c1C. The van der Waals surface area contributed by atoms with Crippen molar-refractivity contribution in [2.24, 2.45) is 0 Å². The van der Waals surface area contributed by atoms with Crippen molar-refractivity contribution in [2.45, 2.75) is 33.2 Å². The third kappa shape index (κ3) is 3.88. The van der Waals surface area contributed by atoms with Crippen LogP contribution in [-0.4, -0.2) is 15.3 Å². The number of rotatable bonds is 6. The summed E-state index contributed by atoms with van der Waals surface area (Å²) in [6.45, 7) is 4.37. The Labute approximate surface area is 149 Å². The predicted molar refractivity (Wildman–Crippen MR) is 101 cm³/mol. The molecule has 2 N–H and O–H groups in total. The Morgan fingerprint density at radius 3 is 2.92 bits per heavy atom. The number of nitrogens with one attached hydrogen (secondary N) is 2. The molecule has 1 aromatic carbocycles.